The molecule has 0 bridgehead atoms. The fourth-order valence-corrected chi connectivity index (χ4v) is 6.47. The predicted octanol–water partition coefficient (Wildman–Crippen LogP) is 4.83. The first-order valence-corrected chi connectivity index (χ1v) is 16.9. The number of aromatic nitrogens is 1. The van der Waals surface area contributed by atoms with Crippen molar-refractivity contribution in [2.75, 3.05) is 13.2 Å². The molecule has 10 nitrogen and oxygen atoms in total. The number of Topliss-reactive ketones (excluding diaryl/α,β-unsaturated/α-hetero) is 1. The molecule has 3 aliphatic heterocycles. The third kappa shape index (κ3) is 5.00. The molecule has 1 aliphatic carbocycles. The van der Waals surface area contributed by atoms with Gasteiger partial charge < -0.3 is 27.9 Å². The van der Waals surface area contributed by atoms with Crippen LogP contribution in [0.4, 0.5) is 4.79 Å². The van der Waals surface area contributed by atoms with E-state index in [1.165, 1.54) is 11.0 Å². The Morgan fingerprint density at radius 1 is 1.10 bits per heavy atom. The summed E-state index contributed by atoms with van der Waals surface area (Å²) in [6.45, 7) is 20.6. The van der Waals surface area contributed by atoms with Gasteiger partial charge in [-0.15, -0.1) is 0 Å². The third-order valence-electron chi connectivity index (χ3n) is 8.40. The molecule has 1 aromatic heterocycles. The number of allylic oxidation sites excluding steroid dienone is 1. The van der Waals surface area contributed by atoms with Crippen molar-refractivity contribution in [3.05, 3.63) is 29.1 Å². The number of rotatable bonds is 4. The second-order valence-corrected chi connectivity index (χ2v) is 18.9. The first-order valence-electron chi connectivity index (χ1n) is 14.0. The summed E-state index contributed by atoms with van der Waals surface area (Å²) < 4.78 is 33.0. The summed E-state index contributed by atoms with van der Waals surface area (Å²) in [6, 6.07) is 0. The minimum Gasteiger partial charge on any atom is -0.443 e. The van der Waals surface area contributed by atoms with Crippen LogP contribution in [0.2, 0.25) is 18.1 Å². The molecule has 2 saturated heterocycles. The van der Waals surface area contributed by atoms with Crippen molar-refractivity contribution < 1.29 is 37.8 Å². The van der Waals surface area contributed by atoms with Crippen LogP contribution in [0.1, 0.15) is 83.2 Å². The summed E-state index contributed by atoms with van der Waals surface area (Å²) in [7, 11) is -2.07. The van der Waals surface area contributed by atoms with Crippen LogP contribution >= 0.6 is 0 Å². The molecule has 0 saturated carbocycles. The largest absolute Gasteiger partial charge is 0.443 e. The van der Waals surface area contributed by atoms with E-state index in [2.05, 4.69) is 33.9 Å². The molecule has 0 spiro atoms. The number of carbonyl (C=O) groups excluding carboxylic acids is 3. The van der Waals surface area contributed by atoms with E-state index in [9.17, 15) is 14.4 Å². The standard InChI is InChI=1S/C29H42N2O8Si/c1-27(2,3)39-26(34)30-12-11-16-14-31(21-20(16)17(30)13-18(32)22(21)33)25-24-23(37-29(7,8)38-24)19(36-25)15-35-40(9,10)28(4,5)6/h13-14,19,23-25H,11-12,15H2,1-10H3/t19-,23-,24-,25+/m1/s1. The Morgan fingerprint density at radius 2 is 1.75 bits per heavy atom. The topological polar surface area (TPSA) is 106 Å². The molecule has 0 aromatic carbocycles. The highest BCUT2D eigenvalue weighted by Crippen LogP contribution is 2.47. The van der Waals surface area contributed by atoms with Crippen LogP contribution in [0, 0.1) is 0 Å². The zero-order chi connectivity index (χ0) is 29.6. The zero-order valence-corrected chi connectivity index (χ0v) is 26.2. The molecule has 4 heterocycles. The van der Waals surface area contributed by atoms with E-state index in [-0.39, 0.29) is 10.7 Å². The van der Waals surface area contributed by atoms with E-state index in [4.69, 9.17) is 23.4 Å². The quantitative estimate of drug-likeness (QED) is 0.372. The van der Waals surface area contributed by atoms with Crippen molar-refractivity contribution in [3.63, 3.8) is 0 Å². The maximum Gasteiger partial charge on any atom is 0.414 e. The summed E-state index contributed by atoms with van der Waals surface area (Å²) in [6.07, 6.45) is 0.954. The highest BCUT2D eigenvalue weighted by Gasteiger charge is 2.57. The van der Waals surface area contributed by atoms with Crippen LogP contribution in [0.5, 0.6) is 0 Å². The molecule has 1 amide bonds. The molecule has 4 atom stereocenters. The number of ether oxygens (including phenoxy) is 4. The third-order valence-corrected chi connectivity index (χ3v) is 12.9. The minimum atomic E-state index is -2.07. The maximum absolute atomic E-state index is 13.4. The molecular weight excluding hydrogens is 532 g/mol. The average molecular weight is 575 g/mol. The summed E-state index contributed by atoms with van der Waals surface area (Å²) in [5.41, 5.74) is 1.31. The lowest BCUT2D eigenvalue weighted by Gasteiger charge is -2.37. The molecular formula is C29H42N2O8Si. The lowest BCUT2D eigenvalue weighted by atomic mass is 9.91. The van der Waals surface area contributed by atoms with E-state index in [0.717, 1.165) is 5.56 Å². The molecule has 4 aliphatic rings. The number of carbonyl (C=O) groups is 3. The number of hydrogen-bond donors (Lipinski definition) is 0. The molecule has 220 valence electrons. The average Bonchev–Trinajstić information content (AvgIpc) is 3.43. The van der Waals surface area contributed by atoms with Crippen LogP contribution in [0.15, 0.2) is 12.3 Å². The van der Waals surface area contributed by atoms with Crippen molar-refractivity contribution in [3.8, 4) is 0 Å². The van der Waals surface area contributed by atoms with Gasteiger partial charge in [-0.25, -0.2) is 4.79 Å². The van der Waals surface area contributed by atoms with Gasteiger partial charge in [-0.2, -0.15) is 0 Å². The number of amides is 1. The summed E-state index contributed by atoms with van der Waals surface area (Å²) >= 11 is 0. The Kier molecular flexibility index (Phi) is 6.82. The van der Waals surface area contributed by atoms with Crippen LogP contribution < -0.4 is 0 Å². The van der Waals surface area contributed by atoms with Crippen LogP contribution in [0.25, 0.3) is 5.70 Å². The van der Waals surface area contributed by atoms with Gasteiger partial charge >= 0.3 is 6.09 Å². The van der Waals surface area contributed by atoms with Crippen molar-refractivity contribution in [2.45, 2.75) is 116 Å². The number of nitrogens with zero attached hydrogens (tertiary/aromatic N) is 2. The van der Waals surface area contributed by atoms with Crippen molar-refractivity contribution >= 4 is 31.7 Å². The van der Waals surface area contributed by atoms with E-state index in [1.54, 1.807) is 25.3 Å². The molecule has 0 unspecified atom stereocenters. The van der Waals surface area contributed by atoms with Crippen molar-refractivity contribution in [1.82, 2.24) is 9.47 Å². The van der Waals surface area contributed by atoms with Crippen LogP contribution in [-0.2, 0) is 34.6 Å². The van der Waals surface area contributed by atoms with Gasteiger partial charge in [0.25, 0.3) is 0 Å². The highest BCUT2D eigenvalue weighted by molar-refractivity contribution is 6.74. The predicted molar refractivity (Wildman–Crippen MR) is 149 cm³/mol. The smallest absolute Gasteiger partial charge is 0.414 e. The second kappa shape index (κ2) is 9.35. The number of hydrogen-bond acceptors (Lipinski definition) is 8. The first-order chi connectivity index (χ1) is 18.3. The van der Waals surface area contributed by atoms with Gasteiger partial charge in [0.1, 0.15) is 29.6 Å². The Balaban J connectivity index is 1.50. The van der Waals surface area contributed by atoms with Gasteiger partial charge in [-0.05, 0) is 64.7 Å². The van der Waals surface area contributed by atoms with Gasteiger partial charge in [0.2, 0.25) is 11.6 Å². The molecule has 1 aromatic rings. The van der Waals surface area contributed by atoms with Gasteiger partial charge in [0, 0.05) is 24.4 Å². The fraction of sp³-hybridized carbons (Fsp3) is 0.690. The molecule has 11 heteroatoms. The van der Waals surface area contributed by atoms with E-state index >= 15 is 0 Å². The summed E-state index contributed by atoms with van der Waals surface area (Å²) in [5.74, 6) is -2.19. The zero-order valence-electron chi connectivity index (χ0n) is 25.2. The molecule has 0 N–H and O–H groups in total. The summed E-state index contributed by atoms with van der Waals surface area (Å²) in [4.78, 5) is 40.8. The number of ketones is 2. The molecule has 2 fully saturated rings. The van der Waals surface area contributed by atoms with Gasteiger partial charge in [0.15, 0.2) is 20.3 Å². The Labute approximate surface area is 237 Å². The van der Waals surface area contributed by atoms with Gasteiger partial charge in [-0.1, -0.05) is 20.8 Å². The van der Waals surface area contributed by atoms with Crippen molar-refractivity contribution in [1.29, 1.82) is 0 Å². The number of fused-ring (bicyclic) bond motifs is 1. The van der Waals surface area contributed by atoms with E-state index in [1.807, 2.05) is 20.0 Å². The second-order valence-electron chi connectivity index (χ2n) is 14.1. The fourth-order valence-electron chi connectivity index (χ4n) is 5.46. The van der Waals surface area contributed by atoms with Crippen molar-refractivity contribution in [2.24, 2.45) is 0 Å². The maximum atomic E-state index is 13.4. The molecule has 5 rings (SSSR count). The lowest BCUT2D eigenvalue weighted by Crippen LogP contribution is -2.44. The van der Waals surface area contributed by atoms with Gasteiger partial charge in [0.05, 0.1) is 12.3 Å². The molecule has 40 heavy (non-hydrogen) atoms. The van der Waals surface area contributed by atoms with E-state index in [0.29, 0.717) is 30.8 Å². The SMILES string of the molecule is CC(C)(C)OC(=O)N1CCc2cn([C@H]3O[C@H](CO[Si](C)(C)C(C)(C)C)[C@H]4OC(C)(C)O[C@H]43)c3c2C1=CC(=O)C3=O. The molecule has 0 radical (unpaired) electrons. The Hall–Kier alpha value is -2.31. The Bertz CT molecular complexity index is 1280. The normalized spacial score (nSPS) is 27.9. The monoisotopic (exact) mass is 574 g/mol. The van der Waals surface area contributed by atoms with Crippen LogP contribution in [0.3, 0.4) is 0 Å². The highest BCUT2D eigenvalue weighted by atomic mass is 28.4. The summed E-state index contributed by atoms with van der Waals surface area (Å²) in [5, 5.41) is 0.0237. The van der Waals surface area contributed by atoms with Gasteiger partial charge in [-0.3, -0.25) is 14.5 Å². The lowest BCUT2D eigenvalue weighted by molar-refractivity contribution is -0.199. The van der Waals surface area contributed by atoms with Crippen LogP contribution in [-0.4, -0.2) is 78.3 Å². The first kappa shape index (κ1) is 29.2. The van der Waals surface area contributed by atoms with E-state index < -0.39 is 61.9 Å². The Morgan fingerprint density at radius 3 is 2.38 bits per heavy atom. The minimum absolute atomic E-state index is 0.0237.